The maximum atomic E-state index is 11.3. The second-order valence-electron chi connectivity index (χ2n) is 4.18. The first-order valence-electron chi connectivity index (χ1n) is 5.54. The number of sulfone groups is 1. The van der Waals surface area contributed by atoms with E-state index in [2.05, 4.69) is 10.2 Å². The lowest BCUT2D eigenvalue weighted by Crippen LogP contribution is -2.37. The van der Waals surface area contributed by atoms with E-state index in [-0.39, 0.29) is 17.7 Å². The predicted octanol–water partition coefficient (Wildman–Crippen LogP) is 1.02. The summed E-state index contributed by atoms with van der Waals surface area (Å²) < 4.78 is 23.0. The Kier molecular flexibility index (Phi) is 6.49. The number of rotatable bonds is 7. The van der Waals surface area contributed by atoms with Crippen molar-refractivity contribution in [2.75, 3.05) is 19.1 Å². The zero-order chi connectivity index (χ0) is 15.3. The molecule has 0 bridgehead atoms. The van der Waals surface area contributed by atoms with Gasteiger partial charge in [0.2, 0.25) is 5.91 Å². The average molecular weight is 354 g/mol. The summed E-state index contributed by atoms with van der Waals surface area (Å²) in [6.07, 6.45) is 1.16. The highest BCUT2D eigenvalue weighted by Crippen LogP contribution is 2.24. The lowest BCUT2D eigenvalue weighted by molar-refractivity contribution is -0.128. The second-order valence-corrected chi connectivity index (χ2v) is 8.92. The van der Waals surface area contributed by atoms with Gasteiger partial charge in [0.25, 0.3) is 0 Å². The Balaban J connectivity index is 2.61. The van der Waals surface area contributed by atoms with Crippen molar-refractivity contribution < 1.29 is 13.2 Å². The Labute approximate surface area is 131 Å². The fraction of sp³-hybridized carbons (Fsp3) is 0.600. The van der Waals surface area contributed by atoms with Crippen molar-refractivity contribution in [1.82, 2.24) is 15.1 Å². The third-order valence-corrected chi connectivity index (χ3v) is 5.82. The van der Waals surface area contributed by atoms with Crippen LogP contribution in [0, 0.1) is 0 Å². The zero-order valence-electron chi connectivity index (χ0n) is 11.3. The standard InChI is InChI=1S/C10H15N3O3S4/c1-7(14)13(2)8(4-17)5-18-10-12-11-9(19-10)6-20(3,15)16/h4,8H,5-6H2,1-3H3. The smallest absolute Gasteiger partial charge is 0.219 e. The van der Waals surface area contributed by atoms with E-state index in [1.54, 1.807) is 11.9 Å². The number of hydrogen-bond acceptors (Lipinski definition) is 8. The maximum absolute atomic E-state index is 11.3. The molecule has 1 unspecified atom stereocenters. The highest BCUT2D eigenvalue weighted by atomic mass is 32.2. The molecule has 0 aliphatic carbocycles. The molecule has 0 aromatic carbocycles. The topological polar surface area (TPSA) is 80.2 Å². The Morgan fingerprint density at radius 1 is 1.55 bits per heavy atom. The van der Waals surface area contributed by atoms with Gasteiger partial charge in [0, 0.05) is 31.3 Å². The average Bonchev–Trinajstić information content (AvgIpc) is 2.74. The van der Waals surface area contributed by atoms with Crippen LogP contribution < -0.4 is 0 Å². The largest absolute Gasteiger partial charge is 0.338 e. The summed E-state index contributed by atoms with van der Waals surface area (Å²) in [7, 11) is -1.42. The lowest BCUT2D eigenvalue weighted by Gasteiger charge is -2.22. The zero-order valence-corrected chi connectivity index (χ0v) is 14.5. The van der Waals surface area contributed by atoms with Crippen molar-refractivity contribution in [2.24, 2.45) is 0 Å². The molecule has 1 aromatic rings. The van der Waals surface area contributed by atoms with Crippen LogP contribution in [0.4, 0.5) is 0 Å². The molecule has 0 N–H and O–H groups in total. The summed E-state index contributed by atoms with van der Waals surface area (Å²) in [6.45, 7) is 1.48. The molecule has 0 spiro atoms. The predicted molar refractivity (Wildman–Crippen MR) is 85.1 cm³/mol. The number of carbonyl (C=O) groups is 1. The summed E-state index contributed by atoms with van der Waals surface area (Å²) in [5, 5.41) is 9.76. The molecule has 0 saturated heterocycles. The van der Waals surface area contributed by atoms with Crippen LogP contribution in [0.25, 0.3) is 0 Å². The van der Waals surface area contributed by atoms with Crippen molar-refractivity contribution in [1.29, 1.82) is 0 Å². The molecule has 0 saturated carbocycles. The van der Waals surface area contributed by atoms with Crippen LogP contribution in [0.3, 0.4) is 0 Å². The number of carbonyl (C=O) groups excluding carboxylic acids is 1. The monoisotopic (exact) mass is 353 g/mol. The molecular weight excluding hydrogens is 338 g/mol. The van der Waals surface area contributed by atoms with Gasteiger partial charge in [-0.15, -0.1) is 10.2 Å². The molecule has 6 nitrogen and oxygen atoms in total. The van der Waals surface area contributed by atoms with E-state index in [9.17, 15) is 13.2 Å². The van der Waals surface area contributed by atoms with Crippen LogP contribution in [-0.4, -0.2) is 59.9 Å². The van der Waals surface area contributed by atoms with Crippen LogP contribution in [0.15, 0.2) is 4.34 Å². The van der Waals surface area contributed by atoms with Crippen LogP contribution in [0.2, 0.25) is 0 Å². The fourth-order valence-corrected chi connectivity index (χ4v) is 4.82. The molecule has 1 rings (SSSR count). The van der Waals surface area contributed by atoms with E-state index < -0.39 is 9.84 Å². The van der Waals surface area contributed by atoms with Gasteiger partial charge in [-0.1, -0.05) is 35.3 Å². The number of nitrogens with zero attached hydrogens (tertiary/aromatic N) is 3. The van der Waals surface area contributed by atoms with Crippen molar-refractivity contribution in [3.8, 4) is 0 Å². The molecule has 0 fully saturated rings. The SMILES string of the molecule is CC(=O)N(C)C(C=S)CSc1nnc(CS(C)(=O)=O)s1. The van der Waals surface area contributed by atoms with Gasteiger partial charge in [-0.25, -0.2) is 8.42 Å². The number of amides is 1. The van der Waals surface area contributed by atoms with Gasteiger partial charge in [-0.2, -0.15) is 0 Å². The normalized spacial score (nSPS) is 12.9. The molecular formula is C10H15N3O3S4. The molecule has 1 amide bonds. The third kappa shape index (κ3) is 5.81. The molecule has 112 valence electrons. The Morgan fingerprint density at radius 2 is 2.20 bits per heavy atom. The van der Waals surface area contributed by atoms with Crippen LogP contribution in [0.5, 0.6) is 0 Å². The first kappa shape index (κ1) is 17.5. The summed E-state index contributed by atoms with van der Waals surface area (Å²) in [5.41, 5.74) is 0. The minimum absolute atomic E-state index is 0.0632. The Morgan fingerprint density at radius 3 is 2.70 bits per heavy atom. The number of aromatic nitrogens is 2. The number of hydrogen-bond donors (Lipinski definition) is 0. The van der Waals surface area contributed by atoms with E-state index in [4.69, 9.17) is 12.2 Å². The molecule has 0 radical (unpaired) electrons. The van der Waals surface area contributed by atoms with Crippen LogP contribution in [-0.2, 0) is 20.4 Å². The summed E-state index contributed by atoms with van der Waals surface area (Å²) in [5.74, 6) is 0.397. The minimum Gasteiger partial charge on any atom is -0.338 e. The van der Waals surface area contributed by atoms with Gasteiger partial charge in [0.05, 0.1) is 6.04 Å². The van der Waals surface area contributed by atoms with Gasteiger partial charge in [-0.05, 0) is 0 Å². The van der Waals surface area contributed by atoms with E-state index in [1.165, 1.54) is 35.4 Å². The Hall–Kier alpha value is -0.580. The van der Waals surface area contributed by atoms with Crippen molar-refractivity contribution in [3.05, 3.63) is 5.01 Å². The first-order valence-corrected chi connectivity index (χ1v) is 9.88. The van der Waals surface area contributed by atoms with Gasteiger partial charge >= 0.3 is 0 Å². The lowest BCUT2D eigenvalue weighted by atomic mass is 10.3. The van der Waals surface area contributed by atoms with Gasteiger partial charge < -0.3 is 4.90 Å². The van der Waals surface area contributed by atoms with E-state index in [0.29, 0.717) is 15.1 Å². The highest BCUT2D eigenvalue weighted by molar-refractivity contribution is 8.01. The summed E-state index contributed by atoms with van der Waals surface area (Å²) >= 11 is 7.56. The highest BCUT2D eigenvalue weighted by Gasteiger charge is 2.16. The van der Waals surface area contributed by atoms with E-state index >= 15 is 0 Å². The summed E-state index contributed by atoms with van der Waals surface area (Å²) in [4.78, 5) is 12.8. The number of thiocarbonyl (C=S) groups is 1. The number of thioether (sulfide) groups is 1. The van der Waals surface area contributed by atoms with Crippen molar-refractivity contribution in [2.45, 2.75) is 23.1 Å². The van der Waals surface area contributed by atoms with E-state index in [1.807, 2.05) is 0 Å². The third-order valence-electron chi connectivity index (χ3n) is 2.36. The van der Waals surface area contributed by atoms with Crippen LogP contribution >= 0.6 is 35.3 Å². The fourth-order valence-electron chi connectivity index (χ4n) is 1.21. The Bertz CT molecular complexity index is 584. The van der Waals surface area contributed by atoms with Gasteiger partial charge in [0.1, 0.15) is 10.8 Å². The van der Waals surface area contributed by atoms with E-state index in [0.717, 1.165) is 6.26 Å². The minimum atomic E-state index is -3.10. The molecule has 20 heavy (non-hydrogen) atoms. The van der Waals surface area contributed by atoms with Crippen LogP contribution in [0.1, 0.15) is 11.9 Å². The first-order chi connectivity index (χ1) is 9.23. The van der Waals surface area contributed by atoms with Crippen molar-refractivity contribution in [3.63, 3.8) is 0 Å². The quantitative estimate of drug-likeness (QED) is 0.535. The second kappa shape index (κ2) is 7.43. The molecule has 1 aromatic heterocycles. The molecule has 0 aliphatic heterocycles. The molecule has 1 heterocycles. The molecule has 0 aliphatic rings. The molecule has 1 atom stereocenters. The molecule has 10 heteroatoms. The summed E-state index contributed by atoms with van der Waals surface area (Å²) in [6, 6.07) is -0.172. The van der Waals surface area contributed by atoms with Crippen molar-refractivity contribution >= 4 is 56.4 Å². The maximum Gasteiger partial charge on any atom is 0.219 e. The van der Waals surface area contributed by atoms with Gasteiger partial charge in [0.15, 0.2) is 14.2 Å². The van der Waals surface area contributed by atoms with Gasteiger partial charge in [-0.3, -0.25) is 4.79 Å².